The maximum absolute atomic E-state index is 12.9. The topological polar surface area (TPSA) is 69.7 Å². The summed E-state index contributed by atoms with van der Waals surface area (Å²) in [5.41, 5.74) is 1.37. The van der Waals surface area contributed by atoms with E-state index in [2.05, 4.69) is 5.32 Å². The lowest BCUT2D eigenvalue weighted by atomic mass is 10.2. The quantitative estimate of drug-likeness (QED) is 0.714. The third-order valence-electron chi connectivity index (χ3n) is 4.15. The van der Waals surface area contributed by atoms with Gasteiger partial charge >= 0.3 is 0 Å². The Morgan fingerprint density at radius 3 is 2.19 bits per heavy atom. The maximum Gasteiger partial charge on any atom is 0.251 e. The van der Waals surface area contributed by atoms with Gasteiger partial charge in [0.2, 0.25) is 10.0 Å². The third kappa shape index (κ3) is 5.89. The molecule has 0 unspecified atom stereocenters. The largest absolute Gasteiger partial charge is 0.351 e. The van der Waals surface area contributed by atoms with Crippen molar-refractivity contribution in [3.05, 3.63) is 65.7 Å². The van der Waals surface area contributed by atoms with Crippen molar-refractivity contribution in [1.82, 2.24) is 14.5 Å². The molecule has 0 atom stereocenters. The molecule has 27 heavy (non-hydrogen) atoms. The second-order valence-corrected chi connectivity index (χ2v) is 8.44. The van der Waals surface area contributed by atoms with Crippen LogP contribution >= 0.6 is 0 Å². The molecule has 0 saturated heterocycles. The van der Waals surface area contributed by atoms with Gasteiger partial charge in [-0.3, -0.25) is 4.79 Å². The molecule has 0 aliphatic carbocycles. The predicted octanol–water partition coefficient (Wildman–Crippen LogP) is 2.19. The van der Waals surface area contributed by atoms with Crippen LogP contribution in [0.15, 0.2) is 59.5 Å². The molecule has 1 N–H and O–H groups in total. The van der Waals surface area contributed by atoms with Crippen molar-refractivity contribution >= 4 is 15.9 Å². The molecule has 0 aliphatic heterocycles. The second kappa shape index (κ2) is 9.64. The smallest absolute Gasteiger partial charge is 0.251 e. The zero-order valence-corrected chi connectivity index (χ0v) is 16.9. The minimum absolute atomic E-state index is 0.185. The van der Waals surface area contributed by atoms with E-state index in [-0.39, 0.29) is 10.8 Å². The van der Waals surface area contributed by atoms with E-state index in [1.807, 2.05) is 56.3 Å². The average molecular weight is 390 g/mol. The average Bonchev–Trinajstić information content (AvgIpc) is 2.66. The summed E-state index contributed by atoms with van der Waals surface area (Å²) >= 11 is 0. The fraction of sp³-hybridized carbons (Fsp3) is 0.350. The minimum atomic E-state index is -3.63. The number of rotatable bonds is 9. The SMILES string of the molecule is CCN(Cc1ccccc1)S(=O)(=O)c1ccc(C(=O)NCCN(C)C)cc1. The first-order chi connectivity index (χ1) is 12.8. The van der Waals surface area contributed by atoms with Gasteiger partial charge < -0.3 is 10.2 Å². The monoisotopic (exact) mass is 389 g/mol. The maximum atomic E-state index is 12.9. The van der Waals surface area contributed by atoms with Gasteiger partial charge in [-0.15, -0.1) is 0 Å². The zero-order chi connectivity index (χ0) is 19.9. The van der Waals surface area contributed by atoms with E-state index >= 15 is 0 Å². The van der Waals surface area contributed by atoms with Gasteiger partial charge in [0, 0.05) is 31.7 Å². The van der Waals surface area contributed by atoms with E-state index in [1.165, 1.54) is 16.4 Å². The van der Waals surface area contributed by atoms with Crippen LogP contribution in [0.4, 0.5) is 0 Å². The van der Waals surface area contributed by atoms with Gasteiger partial charge in [0.15, 0.2) is 0 Å². The van der Waals surface area contributed by atoms with Crippen LogP contribution in [0.3, 0.4) is 0 Å². The first kappa shape index (κ1) is 21.1. The zero-order valence-electron chi connectivity index (χ0n) is 16.1. The van der Waals surface area contributed by atoms with Gasteiger partial charge in [-0.1, -0.05) is 37.3 Å². The molecule has 2 aromatic rings. The molecular weight excluding hydrogens is 362 g/mol. The van der Waals surface area contributed by atoms with E-state index in [0.717, 1.165) is 12.1 Å². The van der Waals surface area contributed by atoms with Crippen LogP contribution in [-0.2, 0) is 16.6 Å². The molecule has 0 radical (unpaired) electrons. The molecule has 0 bridgehead atoms. The Kier molecular flexibility index (Phi) is 7.53. The molecule has 7 heteroatoms. The van der Waals surface area contributed by atoms with Crippen LogP contribution in [0.1, 0.15) is 22.8 Å². The van der Waals surface area contributed by atoms with Gasteiger partial charge in [0.1, 0.15) is 0 Å². The minimum Gasteiger partial charge on any atom is -0.351 e. The number of carbonyl (C=O) groups excluding carboxylic acids is 1. The molecule has 0 heterocycles. The van der Waals surface area contributed by atoms with E-state index < -0.39 is 10.0 Å². The van der Waals surface area contributed by atoms with Crippen LogP contribution in [0, 0.1) is 0 Å². The van der Waals surface area contributed by atoms with E-state index in [1.54, 1.807) is 12.1 Å². The number of benzene rings is 2. The number of hydrogen-bond donors (Lipinski definition) is 1. The highest BCUT2D eigenvalue weighted by Gasteiger charge is 2.23. The molecule has 2 aromatic carbocycles. The normalized spacial score (nSPS) is 11.7. The molecule has 146 valence electrons. The molecular formula is C20H27N3O3S. The van der Waals surface area contributed by atoms with E-state index in [4.69, 9.17) is 0 Å². The lowest BCUT2D eigenvalue weighted by Gasteiger charge is -2.20. The number of sulfonamides is 1. The standard InChI is InChI=1S/C20H27N3O3S/c1-4-23(16-17-8-6-5-7-9-17)27(25,26)19-12-10-18(11-13-19)20(24)21-14-15-22(2)3/h5-13H,4,14-16H2,1-3H3,(H,21,24). The summed E-state index contributed by atoms with van der Waals surface area (Å²) in [4.78, 5) is 14.3. The molecule has 6 nitrogen and oxygen atoms in total. The summed E-state index contributed by atoms with van der Waals surface area (Å²) in [5, 5.41) is 2.81. The predicted molar refractivity (Wildman–Crippen MR) is 107 cm³/mol. The van der Waals surface area contributed by atoms with Crippen molar-refractivity contribution in [2.24, 2.45) is 0 Å². The summed E-state index contributed by atoms with van der Waals surface area (Å²) < 4.78 is 27.3. The summed E-state index contributed by atoms with van der Waals surface area (Å²) in [6.07, 6.45) is 0. The van der Waals surface area contributed by atoms with E-state index in [0.29, 0.717) is 25.2 Å². The van der Waals surface area contributed by atoms with Gasteiger partial charge in [0.05, 0.1) is 4.90 Å². The van der Waals surface area contributed by atoms with Gasteiger partial charge in [0.25, 0.3) is 5.91 Å². The van der Waals surface area contributed by atoms with Crippen LogP contribution < -0.4 is 5.32 Å². The van der Waals surface area contributed by atoms with Crippen molar-refractivity contribution in [3.63, 3.8) is 0 Å². The molecule has 0 fully saturated rings. The highest BCUT2D eigenvalue weighted by atomic mass is 32.2. The van der Waals surface area contributed by atoms with Crippen molar-refractivity contribution < 1.29 is 13.2 Å². The number of nitrogens with zero attached hydrogens (tertiary/aromatic N) is 2. The van der Waals surface area contributed by atoms with Crippen LogP contribution in [0.2, 0.25) is 0 Å². The first-order valence-electron chi connectivity index (χ1n) is 8.91. The molecule has 0 aromatic heterocycles. The Morgan fingerprint density at radius 1 is 1.00 bits per heavy atom. The van der Waals surface area contributed by atoms with Gasteiger partial charge in [-0.25, -0.2) is 8.42 Å². The summed E-state index contributed by atoms with van der Waals surface area (Å²) in [6.45, 7) is 3.76. The Morgan fingerprint density at radius 2 is 1.63 bits per heavy atom. The Labute approximate surface area is 161 Å². The van der Waals surface area contributed by atoms with Crippen molar-refractivity contribution in [3.8, 4) is 0 Å². The fourth-order valence-electron chi connectivity index (χ4n) is 2.58. The summed E-state index contributed by atoms with van der Waals surface area (Å²) in [7, 11) is 0.238. The van der Waals surface area contributed by atoms with Crippen LogP contribution in [0.5, 0.6) is 0 Å². The van der Waals surface area contributed by atoms with Gasteiger partial charge in [-0.05, 0) is 43.9 Å². The molecule has 0 aliphatic rings. The summed E-state index contributed by atoms with van der Waals surface area (Å²) in [6, 6.07) is 15.6. The summed E-state index contributed by atoms with van der Waals surface area (Å²) in [5.74, 6) is -0.211. The number of nitrogens with one attached hydrogen (secondary N) is 1. The van der Waals surface area contributed by atoms with E-state index in [9.17, 15) is 13.2 Å². The Hall–Kier alpha value is -2.22. The van der Waals surface area contributed by atoms with Crippen molar-refractivity contribution in [1.29, 1.82) is 0 Å². The highest BCUT2D eigenvalue weighted by Crippen LogP contribution is 2.19. The van der Waals surface area contributed by atoms with Crippen LogP contribution in [0.25, 0.3) is 0 Å². The Bertz CT molecular complexity index is 835. The molecule has 2 rings (SSSR count). The van der Waals surface area contributed by atoms with Crippen LogP contribution in [-0.4, -0.2) is 57.3 Å². The fourth-order valence-corrected chi connectivity index (χ4v) is 4.01. The molecule has 0 spiro atoms. The lowest BCUT2D eigenvalue weighted by Crippen LogP contribution is -2.32. The number of likely N-dealkylation sites (N-methyl/N-ethyl adjacent to an activating group) is 1. The van der Waals surface area contributed by atoms with Gasteiger partial charge in [-0.2, -0.15) is 4.31 Å². The van der Waals surface area contributed by atoms with Crippen molar-refractivity contribution in [2.75, 3.05) is 33.7 Å². The number of carbonyl (C=O) groups is 1. The molecule has 1 amide bonds. The second-order valence-electron chi connectivity index (χ2n) is 6.50. The molecule has 0 saturated carbocycles. The Balaban J connectivity index is 2.10. The number of amides is 1. The number of hydrogen-bond acceptors (Lipinski definition) is 4. The first-order valence-corrected chi connectivity index (χ1v) is 10.4. The lowest BCUT2D eigenvalue weighted by molar-refractivity contribution is 0.0951. The van der Waals surface area contributed by atoms with Crippen molar-refractivity contribution in [2.45, 2.75) is 18.4 Å². The highest BCUT2D eigenvalue weighted by molar-refractivity contribution is 7.89. The third-order valence-corrected chi connectivity index (χ3v) is 6.09.